The number of aryl methyl sites for hydroxylation is 1. The highest BCUT2D eigenvalue weighted by Crippen LogP contribution is 2.36. The Morgan fingerprint density at radius 1 is 1.29 bits per heavy atom. The second-order valence-corrected chi connectivity index (χ2v) is 5.75. The summed E-state index contributed by atoms with van der Waals surface area (Å²) in [5.74, 6) is 0.619. The maximum atomic E-state index is 12.6. The van der Waals surface area contributed by atoms with Gasteiger partial charge < -0.3 is 10.1 Å². The molecule has 1 amide bonds. The number of anilines is 1. The van der Waals surface area contributed by atoms with Gasteiger partial charge in [0, 0.05) is 5.69 Å². The highest BCUT2D eigenvalue weighted by atomic mass is 16.5. The van der Waals surface area contributed by atoms with Crippen LogP contribution >= 0.6 is 0 Å². The number of nitrogens with one attached hydrogen (secondary N) is 1. The van der Waals surface area contributed by atoms with Gasteiger partial charge in [0.2, 0.25) is 5.91 Å². The zero-order chi connectivity index (χ0) is 15.3. The minimum Gasteiger partial charge on any atom is -0.496 e. The van der Waals surface area contributed by atoms with E-state index in [0.717, 1.165) is 42.7 Å². The Bertz CT molecular complexity index is 552. The van der Waals surface area contributed by atoms with Crippen molar-refractivity contribution in [2.45, 2.75) is 45.4 Å². The molecule has 4 nitrogen and oxygen atoms in total. The second kappa shape index (κ2) is 6.62. The van der Waals surface area contributed by atoms with Crippen LogP contribution in [0.1, 0.15) is 44.1 Å². The summed E-state index contributed by atoms with van der Waals surface area (Å²) in [5.41, 5.74) is 0.809. The van der Waals surface area contributed by atoms with E-state index in [0.29, 0.717) is 12.8 Å². The van der Waals surface area contributed by atoms with Gasteiger partial charge >= 0.3 is 0 Å². The van der Waals surface area contributed by atoms with Crippen molar-refractivity contribution in [1.82, 2.24) is 0 Å². The first-order valence-corrected chi connectivity index (χ1v) is 7.49. The summed E-state index contributed by atoms with van der Waals surface area (Å²) in [4.78, 5) is 12.6. The van der Waals surface area contributed by atoms with Crippen LogP contribution in [0.5, 0.6) is 5.75 Å². The maximum absolute atomic E-state index is 12.6. The molecule has 0 aromatic heterocycles. The molecule has 1 saturated carbocycles. The van der Waals surface area contributed by atoms with Crippen molar-refractivity contribution < 1.29 is 9.53 Å². The molecule has 0 bridgehead atoms. The SMILES string of the molecule is COc1ccc(NC(=O)C2(C#N)CCCCCC2)cc1C. The van der Waals surface area contributed by atoms with Gasteiger partial charge in [-0.05, 0) is 43.5 Å². The van der Waals surface area contributed by atoms with Crippen LogP contribution in [0.15, 0.2) is 18.2 Å². The Hall–Kier alpha value is -2.02. The van der Waals surface area contributed by atoms with Crippen LogP contribution in [0.3, 0.4) is 0 Å². The monoisotopic (exact) mass is 286 g/mol. The number of nitriles is 1. The van der Waals surface area contributed by atoms with E-state index in [2.05, 4.69) is 11.4 Å². The number of rotatable bonds is 3. The zero-order valence-corrected chi connectivity index (χ0v) is 12.7. The third-order valence-corrected chi connectivity index (χ3v) is 4.26. The maximum Gasteiger partial charge on any atom is 0.244 e. The van der Waals surface area contributed by atoms with E-state index in [1.165, 1.54) is 0 Å². The highest BCUT2D eigenvalue weighted by molar-refractivity contribution is 5.97. The fraction of sp³-hybridized carbons (Fsp3) is 0.529. The predicted octanol–water partition coefficient (Wildman–Crippen LogP) is 3.81. The van der Waals surface area contributed by atoms with Crippen LogP contribution in [0.2, 0.25) is 0 Å². The van der Waals surface area contributed by atoms with Crippen LogP contribution < -0.4 is 10.1 Å². The highest BCUT2D eigenvalue weighted by Gasteiger charge is 2.38. The Kier molecular flexibility index (Phi) is 4.85. The van der Waals surface area contributed by atoms with Crippen LogP contribution in [-0.4, -0.2) is 13.0 Å². The predicted molar refractivity (Wildman–Crippen MR) is 82.1 cm³/mol. The van der Waals surface area contributed by atoms with Crippen molar-refractivity contribution in [2.24, 2.45) is 5.41 Å². The third kappa shape index (κ3) is 3.36. The summed E-state index contributed by atoms with van der Waals surface area (Å²) in [5, 5.41) is 12.4. The molecule has 0 atom stereocenters. The Morgan fingerprint density at radius 3 is 2.48 bits per heavy atom. The molecule has 1 aromatic rings. The van der Waals surface area contributed by atoms with Crippen molar-refractivity contribution in [2.75, 3.05) is 12.4 Å². The van der Waals surface area contributed by atoms with Crippen molar-refractivity contribution in [3.05, 3.63) is 23.8 Å². The quantitative estimate of drug-likeness (QED) is 0.859. The lowest BCUT2D eigenvalue weighted by molar-refractivity contribution is -0.123. The largest absolute Gasteiger partial charge is 0.496 e. The van der Waals surface area contributed by atoms with Gasteiger partial charge in [-0.25, -0.2) is 0 Å². The van der Waals surface area contributed by atoms with Crippen LogP contribution in [0, 0.1) is 23.7 Å². The van der Waals surface area contributed by atoms with E-state index < -0.39 is 5.41 Å². The van der Waals surface area contributed by atoms with Crippen molar-refractivity contribution in [3.8, 4) is 11.8 Å². The number of amides is 1. The average molecular weight is 286 g/mol. The first-order chi connectivity index (χ1) is 10.1. The second-order valence-electron chi connectivity index (χ2n) is 5.75. The van der Waals surface area contributed by atoms with Gasteiger partial charge in [-0.3, -0.25) is 4.79 Å². The first-order valence-electron chi connectivity index (χ1n) is 7.49. The molecular weight excluding hydrogens is 264 g/mol. The standard InChI is InChI=1S/C17H22N2O2/c1-13-11-14(7-8-15(13)21-2)19-16(20)17(12-18)9-5-3-4-6-10-17/h7-8,11H,3-6,9-10H2,1-2H3,(H,19,20). The van der Waals surface area contributed by atoms with Gasteiger partial charge in [-0.15, -0.1) is 0 Å². The van der Waals surface area contributed by atoms with Gasteiger partial charge in [0.1, 0.15) is 11.2 Å². The summed E-state index contributed by atoms with van der Waals surface area (Å²) >= 11 is 0. The van der Waals surface area contributed by atoms with Crippen molar-refractivity contribution >= 4 is 11.6 Å². The number of nitrogens with zero attached hydrogens (tertiary/aromatic N) is 1. The molecule has 2 rings (SSSR count). The molecule has 4 heteroatoms. The van der Waals surface area contributed by atoms with E-state index in [-0.39, 0.29) is 5.91 Å². The molecule has 0 radical (unpaired) electrons. The fourth-order valence-electron chi connectivity index (χ4n) is 2.93. The lowest BCUT2D eigenvalue weighted by atomic mass is 9.81. The molecule has 112 valence electrons. The summed E-state index contributed by atoms with van der Waals surface area (Å²) in [7, 11) is 1.62. The Morgan fingerprint density at radius 2 is 1.95 bits per heavy atom. The number of hydrogen-bond acceptors (Lipinski definition) is 3. The number of methoxy groups -OCH3 is 1. The molecule has 1 fully saturated rings. The molecule has 0 unspecified atom stereocenters. The number of carbonyl (C=O) groups is 1. The number of benzene rings is 1. The Balaban J connectivity index is 2.16. The van der Waals surface area contributed by atoms with Gasteiger partial charge in [0.15, 0.2) is 0 Å². The lowest BCUT2D eigenvalue weighted by Gasteiger charge is -2.23. The van der Waals surface area contributed by atoms with E-state index in [9.17, 15) is 10.1 Å². The number of ether oxygens (including phenoxy) is 1. The minimum atomic E-state index is -0.871. The van der Waals surface area contributed by atoms with Gasteiger partial charge in [0.25, 0.3) is 0 Å². The van der Waals surface area contributed by atoms with Gasteiger partial charge in [-0.2, -0.15) is 5.26 Å². The normalized spacial score (nSPS) is 17.4. The summed E-state index contributed by atoms with van der Waals surface area (Å²) < 4.78 is 5.21. The minimum absolute atomic E-state index is 0.170. The Labute approximate surface area is 126 Å². The molecular formula is C17H22N2O2. The van der Waals surface area contributed by atoms with Gasteiger partial charge in [0.05, 0.1) is 13.2 Å². The van der Waals surface area contributed by atoms with Crippen LogP contribution in [-0.2, 0) is 4.79 Å². The molecule has 1 aromatic carbocycles. The van der Waals surface area contributed by atoms with E-state index in [1.807, 2.05) is 25.1 Å². The average Bonchev–Trinajstić information content (AvgIpc) is 2.74. The molecule has 0 heterocycles. The smallest absolute Gasteiger partial charge is 0.244 e. The molecule has 1 N–H and O–H groups in total. The number of carbonyl (C=O) groups excluding carboxylic acids is 1. The lowest BCUT2D eigenvalue weighted by Crippen LogP contribution is -2.34. The molecule has 1 aliphatic carbocycles. The van der Waals surface area contributed by atoms with Crippen molar-refractivity contribution in [3.63, 3.8) is 0 Å². The van der Waals surface area contributed by atoms with Crippen LogP contribution in [0.25, 0.3) is 0 Å². The summed E-state index contributed by atoms with van der Waals surface area (Å²) in [6.07, 6.45) is 5.43. The van der Waals surface area contributed by atoms with Crippen LogP contribution in [0.4, 0.5) is 5.69 Å². The summed E-state index contributed by atoms with van der Waals surface area (Å²) in [6, 6.07) is 7.79. The molecule has 21 heavy (non-hydrogen) atoms. The summed E-state index contributed by atoms with van der Waals surface area (Å²) in [6.45, 7) is 1.93. The molecule has 0 saturated heterocycles. The van der Waals surface area contributed by atoms with Crippen molar-refractivity contribution in [1.29, 1.82) is 5.26 Å². The zero-order valence-electron chi connectivity index (χ0n) is 12.7. The number of hydrogen-bond donors (Lipinski definition) is 1. The van der Waals surface area contributed by atoms with Gasteiger partial charge in [-0.1, -0.05) is 25.7 Å². The fourth-order valence-corrected chi connectivity index (χ4v) is 2.93. The topological polar surface area (TPSA) is 62.1 Å². The molecule has 1 aliphatic rings. The first kappa shape index (κ1) is 15.4. The van der Waals surface area contributed by atoms with E-state index in [4.69, 9.17) is 4.74 Å². The molecule has 0 spiro atoms. The molecule has 0 aliphatic heterocycles. The van der Waals surface area contributed by atoms with E-state index in [1.54, 1.807) is 7.11 Å². The third-order valence-electron chi connectivity index (χ3n) is 4.26. The van der Waals surface area contributed by atoms with E-state index >= 15 is 0 Å².